The van der Waals surface area contributed by atoms with Crippen molar-refractivity contribution < 1.29 is 14.6 Å². The molecule has 6 nitrogen and oxygen atoms in total. The number of unbranched alkanes of at least 4 members (excludes halogenated alkanes) is 5. The number of aryl methyl sites for hydroxylation is 1. The highest BCUT2D eigenvalue weighted by Gasteiger charge is 2.22. The summed E-state index contributed by atoms with van der Waals surface area (Å²) in [6.45, 7) is 8.90. The number of carbonyl (C=O) groups excluding carboxylic acids is 1. The Labute approximate surface area is 242 Å². The zero-order chi connectivity index (χ0) is 28.7. The van der Waals surface area contributed by atoms with E-state index in [9.17, 15) is 9.90 Å². The number of benzene rings is 3. The fraction of sp³-hybridized carbons (Fsp3) is 0.424. The first-order chi connectivity index (χ1) is 19.2. The lowest BCUT2D eigenvalue weighted by atomic mass is 9.83. The average Bonchev–Trinajstić information content (AvgIpc) is 3.34. The number of phenols is 1. The van der Waals surface area contributed by atoms with Crippen molar-refractivity contribution in [1.82, 2.24) is 15.0 Å². The summed E-state index contributed by atoms with van der Waals surface area (Å²) >= 11 is 6.15. The van der Waals surface area contributed by atoms with Gasteiger partial charge in [-0.05, 0) is 65.3 Å². The molecule has 3 aromatic carbocycles. The van der Waals surface area contributed by atoms with Gasteiger partial charge in [0.1, 0.15) is 16.8 Å². The molecule has 0 fully saturated rings. The van der Waals surface area contributed by atoms with Crippen molar-refractivity contribution in [2.24, 2.45) is 0 Å². The summed E-state index contributed by atoms with van der Waals surface area (Å²) in [5.41, 5.74) is 5.37. The van der Waals surface area contributed by atoms with Gasteiger partial charge in [-0.3, -0.25) is 4.79 Å². The number of ether oxygens (including phenoxy) is 1. The van der Waals surface area contributed by atoms with Crippen molar-refractivity contribution in [2.75, 3.05) is 6.61 Å². The van der Waals surface area contributed by atoms with Gasteiger partial charge in [-0.2, -0.15) is 4.80 Å². The van der Waals surface area contributed by atoms with Crippen LogP contribution in [-0.4, -0.2) is 32.7 Å². The van der Waals surface area contributed by atoms with Crippen molar-refractivity contribution in [3.63, 3.8) is 0 Å². The Morgan fingerprint density at radius 3 is 2.45 bits per heavy atom. The number of rotatable bonds is 12. The number of fused-ring (bicyclic) bond motifs is 1. The lowest BCUT2D eigenvalue weighted by Crippen LogP contribution is -2.12. The normalized spacial score (nSPS) is 11.7. The van der Waals surface area contributed by atoms with Gasteiger partial charge in [-0.15, -0.1) is 10.2 Å². The van der Waals surface area contributed by atoms with Crippen LogP contribution < -0.4 is 0 Å². The third-order valence-electron chi connectivity index (χ3n) is 7.16. The maximum atomic E-state index is 12.6. The molecule has 0 aliphatic carbocycles. The minimum absolute atomic E-state index is 0.213. The molecule has 0 atom stereocenters. The molecule has 212 valence electrons. The van der Waals surface area contributed by atoms with Crippen LogP contribution in [0.2, 0.25) is 5.02 Å². The quantitative estimate of drug-likeness (QED) is 0.138. The number of phenolic OH excluding ortho intramolecular Hbond substituents is 1. The van der Waals surface area contributed by atoms with Gasteiger partial charge in [0.15, 0.2) is 0 Å². The van der Waals surface area contributed by atoms with Crippen LogP contribution in [0, 0.1) is 0 Å². The largest absolute Gasteiger partial charge is 0.507 e. The Morgan fingerprint density at radius 1 is 0.925 bits per heavy atom. The molecule has 0 bridgehead atoms. The zero-order valence-electron chi connectivity index (χ0n) is 24.0. The molecule has 1 N–H and O–H groups in total. The van der Waals surface area contributed by atoms with Gasteiger partial charge in [0.05, 0.1) is 12.3 Å². The lowest BCUT2D eigenvalue weighted by Gasteiger charge is -2.22. The molecule has 1 aromatic heterocycles. The van der Waals surface area contributed by atoms with Gasteiger partial charge < -0.3 is 9.84 Å². The first kappa shape index (κ1) is 29.6. The van der Waals surface area contributed by atoms with E-state index < -0.39 is 0 Å². The smallest absolute Gasteiger partial charge is 0.306 e. The van der Waals surface area contributed by atoms with Gasteiger partial charge in [0.25, 0.3) is 0 Å². The average molecular weight is 562 g/mol. The second-order valence-electron chi connectivity index (χ2n) is 11.4. The van der Waals surface area contributed by atoms with E-state index in [2.05, 4.69) is 37.9 Å². The summed E-state index contributed by atoms with van der Waals surface area (Å²) in [4.78, 5) is 14.2. The third kappa shape index (κ3) is 7.42. The third-order valence-corrected chi connectivity index (χ3v) is 7.39. The molecule has 4 aromatic rings. The van der Waals surface area contributed by atoms with Crippen LogP contribution in [0.5, 0.6) is 5.75 Å². The molecule has 0 aliphatic rings. The van der Waals surface area contributed by atoms with E-state index in [0.717, 1.165) is 46.3 Å². The second kappa shape index (κ2) is 13.3. The van der Waals surface area contributed by atoms with Crippen LogP contribution in [0.25, 0.3) is 27.8 Å². The monoisotopic (exact) mass is 561 g/mol. The van der Waals surface area contributed by atoms with Crippen LogP contribution >= 0.6 is 11.6 Å². The maximum absolute atomic E-state index is 12.6. The molecule has 7 heteroatoms. The minimum atomic E-state index is -0.221. The second-order valence-corrected chi connectivity index (χ2v) is 11.8. The SMILES string of the molecule is CCCCCCCCOC(=O)CCc1cc(-n2nc3ccc(Cl)cc3n2)ccc1-c1cccc(C(C)(C)C)c1O. The van der Waals surface area contributed by atoms with Crippen molar-refractivity contribution in [2.45, 2.75) is 84.5 Å². The minimum Gasteiger partial charge on any atom is -0.507 e. The van der Waals surface area contributed by atoms with Gasteiger partial charge in [0, 0.05) is 17.0 Å². The summed E-state index contributed by atoms with van der Waals surface area (Å²) < 4.78 is 5.54. The molecule has 0 unspecified atom stereocenters. The predicted molar refractivity (Wildman–Crippen MR) is 162 cm³/mol. The van der Waals surface area contributed by atoms with Crippen LogP contribution in [0.1, 0.15) is 83.8 Å². The summed E-state index contributed by atoms with van der Waals surface area (Å²) in [7, 11) is 0. The van der Waals surface area contributed by atoms with Crippen LogP contribution in [0.4, 0.5) is 0 Å². The van der Waals surface area contributed by atoms with E-state index in [4.69, 9.17) is 16.3 Å². The summed E-state index contributed by atoms with van der Waals surface area (Å²) in [6, 6.07) is 17.1. The Morgan fingerprint density at radius 2 is 1.68 bits per heavy atom. The lowest BCUT2D eigenvalue weighted by molar-refractivity contribution is -0.143. The van der Waals surface area contributed by atoms with Gasteiger partial charge >= 0.3 is 5.97 Å². The molecule has 0 spiro atoms. The Hall–Kier alpha value is -3.38. The first-order valence-corrected chi connectivity index (χ1v) is 14.7. The first-order valence-electron chi connectivity index (χ1n) is 14.3. The van der Waals surface area contributed by atoms with E-state index in [1.807, 2.05) is 42.5 Å². The number of carbonyl (C=O) groups is 1. The van der Waals surface area contributed by atoms with Crippen molar-refractivity contribution in [3.8, 4) is 22.6 Å². The molecule has 0 amide bonds. The number of aromatic hydroxyl groups is 1. The molecule has 0 aliphatic heterocycles. The van der Waals surface area contributed by atoms with Gasteiger partial charge in [-0.25, -0.2) is 0 Å². The highest BCUT2D eigenvalue weighted by molar-refractivity contribution is 6.31. The zero-order valence-corrected chi connectivity index (χ0v) is 24.8. The topological polar surface area (TPSA) is 77.2 Å². The van der Waals surface area contributed by atoms with Crippen LogP contribution in [-0.2, 0) is 21.4 Å². The molecule has 0 saturated carbocycles. The van der Waals surface area contributed by atoms with E-state index in [1.54, 1.807) is 16.9 Å². The molecule has 1 heterocycles. The summed E-state index contributed by atoms with van der Waals surface area (Å²) in [5.74, 6) is 0.0439. The predicted octanol–water partition coefficient (Wildman–Crippen LogP) is 8.58. The molecule has 0 radical (unpaired) electrons. The van der Waals surface area contributed by atoms with E-state index in [-0.39, 0.29) is 23.6 Å². The van der Waals surface area contributed by atoms with Crippen molar-refractivity contribution in [3.05, 3.63) is 70.7 Å². The fourth-order valence-corrected chi connectivity index (χ4v) is 5.09. The number of esters is 1. The van der Waals surface area contributed by atoms with Gasteiger partial charge in [-0.1, -0.05) is 95.7 Å². The summed E-state index contributed by atoms with van der Waals surface area (Å²) in [5, 5.41) is 21.1. The molecule has 0 saturated heterocycles. The highest BCUT2D eigenvalue weighted by Crippen LogP contribution is 2.40. The highest BCUT2D eigenvalue weighted by atomic mass is 35.5. The molecular weight excluding hydrogens is 522 g/mol. The molecule has 4 rings (SSSR count). The van der Waals surface area contributed by atoms with E-state index >= 15 is 0 Å². The fourth-order valence-electron chi connectivity index (χ4n) is 4.92. The standard InChI is InChI=1S/C33H40ClN3O3/c1-5-6-7-8-9-10-20-40-31(38)19-14-23-21-25(37-35-29-18-15-24(34)22-30(29)36-37)16-17-26(23)27-12-11-13-28(32(27)39)33(2,3)4/h11-13,15-18,21-22,39H,5-10,14,19-20H2,1-4H3. The van der Waals surface area contributed by atoms with Crippen LogP contribution in [0.15, 0.2) is 54.6 Å². The Balaban J connectivity index is 1.58. The van der Waals surface area contributed by atoms with E-state index in [0.29, 0.717) is 23.6 Å². The van der Waals surface area contributed by atoms with E-state index in [1.165, 1.54) is 25.7 Å². The van der Waals surface area contributed by atoms with Crippen LogP contribution in [0.3, 0.4) is 0 Å². The number of hydrogen-bond donors (Lipinski definition) is 1. The number of nitrogens with zero attached hydrogens (tertiary/aromatic N) is 3. The van der Waals surface area contributed by atoms with Gasteiger partial charge in [0.2, 0.25) is 0 Å². The molecule has 40 heavy (non-hydrogen) atoms. The Bertz CT molecular complexity index is 1460. The molecular formula is C33H40ClN3O3. The number of halogens is 1. The number of hydrogen-bond acceptors (Lipinski definition) is 5. The summed E-state index contributed by atoms with van der Waals surface area (Å²) in [6.07, 6.45) is 7.58. The van der Waals surface area contributed by atoms with Crippen molar-refractivity contribution in [1.29, 1.82) is 0 Å². The van der Waals surface area contributed by atoms with Crippen molar-refractivity contribution >= 4 is 28.6 Å². The number of para-hydroxylation sites is 1. The maximum Gasteiger partial charge on any atom is 0.306 e. The Kier molecular flexibility index (Phi) is 9.85. The number of aromatic nitrogens is 3.